The van der Waals surface area contributed by atoms with Gasteiger partial charge in [0.2, 0.25) is 0 Å². The van der Waals surface area contributed by atoms with E-state index >= 15 is 0 Å². The Bertz CT molecular complexity index is 981. The van der Waals surface area contributed by atoms with Crippen molar-refractivity contribution < 1.29 is 31.1 Å². The first-order chi connectivity index (χ1) is 15.2. The highest BCUT2D eigenvalue weighted by molar-refractivity contribution is 6.18. The van der Waals surface area contributed by atoms with Crippen molar-refractivity contribution in [1.29, 1.82) is 0 Å². The first kappa shape index (κ1) is 26.0. The van der Waals surface area contributed by atoms with E-state index in [2.05, 4.69) is 12.0 Å². The molecule has 33 heavy (non-hydrogen) atoms. The molecule has 0 bridgehead atoms. The maximum atomic E-state index is 13.3. The van der Waals surface area contributed by atoms with Crippen molar-refractivity contribution in [1.82, 2.24) is 10.4 Å². The number of hydrogen-bond acceptors (Lipinski definition) is 3. The topological polar surface area (TPSA) is 58.4 Å². The Kier molecular flexibility index (Phi) is 7.97. The maximum absolute atomic E-state index is 13.3. The van der Waals surface area contributed by atoms with E-state index in [9.17, 15) is 31.1 Å². The molecular formula is C23H23F6N3O. The summed E-state index contributed by atoms with van der Waals surface area (Å²) in [7, 11) is 0. The average molecular weight is 471 g/mol. The van der Waals surface area contributed by atoms with Crippen molar-refractivity contribution in [2.24, 2.45) is 11.7 Å². The molecule has 4 nitrogen and oxygen atoms in total. The summed E-state index contributed by atoms with van der Waals surface area (Å²) < 4.78 is 79.8. The first-order valence-electron chi connectivity index (χ1n) is 9.77. The number of primary amides is 1. The van der Waals surface area contributed by atoms with E-state index in [4.69, 9.17) is 5.73 Å². The summed E-state index contributed by atoms with van der Waals surface area (Å²) in [5, 5.41) is 1.19. The maximum Gasteiger partial charge on any atom is 0.416 e. The smallest absolute Gasteiger partial charge is 0.366 e. The van der Waals surface area contributed by atoms with Gasteiger partial charge < -0.3 is 5.73 Å². The summed E-state index contributed by atoms with van der Waals surface area (Å²) in [6.45, 7) is 6.85. The lowest BCUT2D eigenvalue weighted by atomic mass is 9.93. The minimum Gasteiger partial charge on any atom is -0.366 e. The largest absolute Gasteiger partial charge is 0.416 e. The van der Waals surface area contributed by atoms with Gasteiger partial charge in [0.1, 0.15) is 0 Å². The number of rotatable bonds is 8. The summed E-state index contributed by atoms with van der Waals surface area (Å²) in [4.78, 5) is 12.0. The molecule has 0 heterocycles. The molecule has 10 heteroatoms. The number of nitrogens with one attached hydrogen (secondary N) is 1. The van der Waals surface area contributed by atoms with Crippen LogP contribution in [0.5, 0.6) is 0 Å². The monoisotopic (exact) mass is 471 g/mol. The Hall–Kier alpha value is -3.27. The van der Waals surface area contributed by atoms with Crippen molar-refractivity contribution >= 4 is 11.5 Å². The van der Waals surface area contributed by atoms with Crippen LogP contribution < -0.4 is 11.2 Å². The minimum atomic E-state index is -4.97. The second-order valence-electron chi connectivity index (χ2n) is 7.55. The van der Waals surface area contributed by atoms with E-state index in [0.29, 0.717) is 17.7 Å². The zero-order chi connectivity index (χ0) is 25.0. The predicted octanol–water partition coefficient (Wildman–Crippen LogP) is 5.90. The van der Waals surface area contributed by atoms with Crippen LogP contribution in [-0.2, 0) is 17.1 Å². The summed E-state index contributed by atoms with van der Waals surface area (Å²) in [6.07, 6.45) is -7.44. The van der Waals surface area contributed by atoms with Crippen LogP contribution in [0.1, 0.15) is 42.1 Å². The predicted molar refractivity (Wildman–Crippen MR) is 113 cm³/mol. The first-order valence-corrected chi connectivity index (χ1v) is 9.77. The second-order valence-corrected chi connectivity index (χ2v) is 7.55. The SMILES string of the molecule is C=CN(/C=C(/C(N)=O)c1ccccc1)NC(c1cc(C(F)(F)F)cc(C(F)(F)F)c1)C(C)C. The lowest BCUT2D eigenvalue weighted by Gasteiger charge is -2.30. The van der Waals surface area contributed by atoms with Crippen LogP contribution in [0.15, 0.2) is 67.5 Å². The van der Waals surface area contributed by atoms with E-state index in [1.807, 2.05) is 0 Å². The molecule has 0 aliphatic rings. The van der Waals surface area contributed by atoms with Crippen LogP contribution in [0.2, 0.25) is 0 Å². The number of carbonyl (C=O) groups is 1. The van der Waals surface area contributed by atoms with Crippen LogP contribution in [-0.4, -0.2) is 10.9 Å². The molecule has 0 saturated carbocycles. The molecule has 2 aromatic carbocycles. The van der Waals surface area contributed by atoms with Gasteiger partial charge in [-0.25, -0.2) is 5.43 Å². The van der Waals surface area contributed by atoms with Gasteiger partial charge in [0.15, 0.2) is 0 Å². The highest BCUT2D eigenvalue weighted by Gasteiger charge is 2.38. The van der Waals surface area contributed by atoms with Gasteiger partial charge in [0.05, 0.1) is 22.7 Å². The zero-order valence-corrected chi connectivity index (χ0v) is 17.8. The van der Waals surface area contributed by atoms with Crippen molar-refractivity contribution in [3.8, 4) is 0 Å². The molecule has 1 unspecified atom stereocenters. The number of halogens is 6. The summed E-state index contributed by atoms with van der Waals surface area (Å²) in [5.41, 5.74) is 5.77. The van der Waals surface area contributed by atoms with Crippen molar-refractivity contribution in [2.45, 2.75) is 32.2 Å². The zero-order valence-electron chi connectivity index (χ0n) is 17.8. The number of nitrogens with two attached hydrogens (primary N) is 1. The number of benzene rings is 2. The van der Waals surface area contributed by atoms with Gasteiger partial charge in [-0.1, -0.05) is 50.8 Å². The molecule has 1 atom stereocenters. The Morgan fingerprint density at radius 1 is 1.00 bits per heavy atom. The lowest BCUT2D eigenvalue weighted by molar-refractivity contribution is -0.143. The Morgan fingerprint density at radius 2 is 1.52 bits per heavy atom. The fourth-order valence-corrected chi connectivity index (χ4v) is 3.11. The van der Waals surface area contributed by atoms with Gasteiger partial charge in [0.25, 0.3) is 5.91 Å². The number of hydrogen-bond donors (Lipinski definition) is 2. The summed E-state index contributed by atoms with van der Waals surface area (Å²) in [5.74, 6) is -1.23. The van der Waals surface area contributed by atoms with Crippen LogP contribution in [0.25, 0.3) is 5.57 Å². The van der Waals surface area contributed by atoms with E-state index in [0.717, 1.165) is 0 Å². The molecule has 0 saturated heterocycles. The standard InChI is InChI=1S/C23H23F6N3O/c1-4-32(13-19(21(30)33)15-8-6-5-7-9-15)31-20(14(2)3)16-10-17(22(24,25)26)12-18(11-16)23(27,28)29/h4-14,20,31H,1H2,2-3H3,(H2,30,33)/b19-13+. The third-order valence-corrected chi connectivity index (χ3v) is 4.74. The van der Waals surface area contributed by atoms with E-state index in [1.54, 1.807) is 44.2 Å². The number of carbonyl (C=O) groups excluding carboxylic acids is 1. The van der Waals surface area contributed by atoms with Gasteiger partial charge in [-0.15, -0.1) is 0 Å². The molecule has 0 aliphatic carbocycles. The number of alkyl halides is 6. The van der Waals surface area contributed by atoms with Crippen LogP contribution in [0.4, 0.5) is 26.3 Å². The van der Waals surface area contributed by atoms with Gasteiger partial charge in [-0.05, 0) is 35.2 Å². The fourth-order valence-electron chi connectivity index (χ4n) is 3.11. The third-order valence-electron chi connectivity index (χ3n) is 4.74. The number of amides is 1. The molecule has 3 N–H and O–H groups in total. The number of hydrazine groups is 1. The molecular weight excluding hydrogens is 448 g/mol. The Balaban J connectivity index is 2.54. The van der Waals surface area contributed by atoms with Crippen LogP contribution >= 0.6 is 0 Å². The molecule has 0 aromatic heterocycles. The average Bonchev–Trinajstić information content (AvgIpc) is 2.72. The van der Waals surface area contributed by atoms with Crippen molar-refractivity contribution in [3.05, 3.63) is 89.8 Å². The van der Waals surface area contributed by atoms with Crippen molar-refractivity contribution in [2.75, 3.05) is 0 Å². The molecule has 1 amide bonds. The molecule has 0 spiro atoms. The Labute approximate surface area is 187 Å². The van der Waals surface area contributed by atoms with E-state index in [-0.39, 0.29) is 17.2 Å². The normalized spacial score (nSPS) is 13.7. The third kappa shape index (κ3) is 6.85. The van der Waals surface area contributed by atoms with Gasteiger partial charge in [-0.3, -0.25) is 9.80 Å². The number of nitrogens with zero attached hydrogens (tertiary/aromatic N) is 1. The van der Waals surface area contributed by atoms with Gasteiger partial charge in [0, 0.05) is 12.4 Å². The van der Waals surface area contributed by atoms with Crippen LogP contribution in [0, 0.1) is 5.92 Å². The molecule has 178 valence electrons. The second kappa shape index (κ2) is 10.1. The molecule has 2 rings (SSSR count). The van der Waals surface area contributed by atoms with Crippen LogP contribution in [0.3, 0.4) is 0 Å². The van der Waals surface area contributed by atoms with Crippen molar-refractivity contribution in [3.63, 3.8) is 0 Å². The van der Waals surface area contributed by atoms with Gasteiger partial charge in [-0.2, -0.15) is 26.3 Å². The molecule has 0 fully saturated rings. The van der Waals surface area contributed by atoms with E-state index < -0.39 is 41.3 Å². The molecule has 0 aliphatic heterocycles. The van der Waals surface area contributed by atoms with E-state index in [1.165, 1.54) is 17.4 Å². The summed E-state index contributed by atoms with van der Waals surface area (Å²) >= 11 is 0. The lowest BCUT2D eigenvalue weighted by Crippen LogP contribution is -2.36. The highest BCUT2D eigenvalue weighted by Crippen LogP contribution is 2.38. The highest BCUT2D eigenvalue weighted by atomic mass is 19.4. The quantitative estimate of drug-likeness (QED) is 0.286. The Morgan fingerprint density at radius 3 is 1.91 bits per heavy atom. The van der Waals surface area contributed by atoms with Gasteiger partial charge >= 0.3 is 12.4 Å². The molecule has 0 radical (unpaired) electrons. The minimum absolute atomic E-state index is 0.0607. The summed E-state index contributed by atoms with van der Waals surface area (Å²) in [6, 6.07) is 8.76. The fraction of sp³-hybridized carbons (Fsp3) is 0.261. The molecule has 2 aromatic rings.